The second-order valence-electron chi connectivity index (χ2n) is 6.43. The number of rotatable bonds is 4. The minimum absolute atomic E-state index is 0.275. The van der Waals surface area contributed by atoms with Gasteiger partial charge in [0.05, 0.1) is 12.4 Å². The molecular weight excluding hydrogens is 324 g/mol. The molecule has 0 aliphatic rings. The molecule has 0 unspecified atom stereocenters. The lowest BCUT2D eigenvalue weighted by atomic mass is 10.1. The highest BCUT2D eigenvalue weighted by atomic mass is 16.1. The molecule has 0 fully saturated rings. The van der Waals surface area contributed by atoms with E-state index < -0.39 is 0 Å². The van der Waals surface area contributed by atoms with Crippen molar-refractivity contribution in [3.8, 4) is 0 Å². The fraction of sp³-hybridized carbons (Fsp3) is 0.190. The molecule has 0 saturated carbocycles. The first-order valence-corrected chi connectivity index (χ1v) is 8.48. The van der Waals surface area contributed by atoms with Crippen LogP contribution >= 0.6 is 0 Å². The summed E-state index contributed by atoms with van der Waals surface area (Å²) in [6, 6.07) is 11.9. The zero-order valence-corrected chi connectivity index (χ0v) is 15.4. The van der Waals surface area contributed by atoms with Crippen LogP contribution in [0, 0.1) is 27.7 Å². The van der Waals surface area contributed by atoms with Crippen molar-refractivity contribution in [2.45, 2.75) is 27.7 Å². The second-order valence-corrected chi connectivity index (χ2v) is 6.43. The maximum atomic E-state index is 12.4. The van der Waals surface area contributed by atoms with Gasteiger partial charge in [0, 0.05) is 11.4 Å². The molecular formula is C21H22N4O. The highest BCUT2D eigenvalue weighted by Crippen LogP contribution is 2.21. The van der Waals surface area contributed by atoms with Gasteiger partial charge in [0.1, 0.15) is 11.5 Å². The van der Waals surface area contributed by atoms with E-state index in [1.807, 2.05) is 44.2 Å². The van der Waals surface area contributed by atoms with Crippen molar-refractivity contribution in [2.24, 2.45) is 0 Å². The fourth-order valence-electron chi connectivity index (χ4n) is 2.67. The minimum Gasteiger partial charge on any atom is -0.339 e. The summed E-state index contributed by atoms with van der Waals surface area (Å²) in [4.78, 5) is 20.9. The maximum Gasteiger partial charge on any atom is 0.275 e. The monoisotopic (exact) mass is 346 g/mol. The molecule has 0 atom stereocenters. The Morgan fingerprint density at radius 3 is 2.38 bits per heavy atom. The molecule has 3 rings (SSSR count). The van der Waals surface area contributed by atoms with Crippen molar-refractivity contribution < 1.29 is 4.79 Å². The van der Waals surface area contributed by atoms with E-state index in [2.05, 4.69) is 40.5 Å². The molecule has 5 heteroatoms. The predicted molar refractivity (Wildman–Crippen MR) is 105 cm³/mol. The van der Waals surface area contributed by atoms with Gasteiger partial charge >= 0.3 is 0 Å². The third-order valence-corrected chi connectivity index (χ3v) is 4.38. The zero-order valence-electron chi connectivity index (χ0n) is 15.4. The summed E-state index contributed by atoms with van der Waals surface area (Å²) in [6.45, 7) is 8.10. The first-order chi connectivity index (χ1) is 12.4. The fourth-order valence-corrected chi connectivity index (χ4v) is 2.67. The van der Waals surface area contributed by atoms with Gasteiger partial charge in [-0.1, -0.05) is 29.8 Å². The van der Waals surface area contributed by atoms with Gasteiger partial charge in [-0.2, -0.15) is 0 Å². The van der Waals surface area contributed by atoms with Gasteiger partial charge in [0.25, 0.3) is 5.91 Å². The van der Waals surface area contributed by atoms with Crippen molar-refractivity contribution in [1.29, 1.82) is 0 Å². The lowest BCUT2D eigenvalue weighted by Crippen LogP contribution is -2.15. The van der Waals surface area contributed by atoms with Gasteiger partial charge in [-0.25, -0.2) is 9.97 Å². The van der Waals surface area contributed by atoms with Gasteiger partial charge in [-0.05, 0) is 56.5 Å². The lowest BCUT2D eigenvalue weighted by molar-refractivity contribution is 0.102. The van der Waals surface area contributed by atoms with Gasteiger partial charge < -0.3 is 10.6 Å². The third kappa shape index (κ3) is 3.88. The van der Waals surface area contributed by atoms with E-state index in [0.29, 0.717) is 5.82 Å². The van der Waals surface area contributed by atoms with E-state index in [0.717, 1.165) is 28.1 Å². The summed E-state index contributed by atoms with van der Waals surface area (Å²) in [7, 11) is 0. The number of benzene rings is 2. The van der Waals surface area contributed by atoms with E-state index in [-0.39, 0.29) is 11.6 Å². The number of anilines is 3. The van der Waals surface area contributed by atoms with Crippen LogP contribution in [-0.2, 0) is 0 Å². The number of aryl methyl sites for hydroxylation is 3. The van der Waals surface area contributed by atoms with Crippen LogP contribution < -0.4 is 10.6 Å². The Labute approximate surface area is 153 Å². The quantitative estimate of drug-likeness (QED) is 0.718. The van der Waals surface area contributed by atoms with Crippen molar-refractivity contribution in [2.75, 3.05) is 10.6 Å². The second kappa shape index (κ2) is 7.35. The van der Waals surface area contributed by atoms with Gasteiger partial charge in [0.2, 0.25) is 0 Å². The number of aromatic nitrogens is 2. The van der Waals surface area contributed by atoms with E-state index in [4.69, 9.17) is 0 Å². The molecule has 1 aromatic heterocycles. The van der Waals surface area contributed by atoms with Crippen LogP contribution in [0.3, 0.4) is 0 Å². The Balaban J connectivity index is 1.72. The lowest BCUT2D eigenvalue weighted by Gasteiger charge is -2.11. The summed E-state index contributed by atoms with van der Waals surface area (Å²) in [6.07, 6.45) is 3.05. The van der Waals surface area contributed by atoms with E-state index in [1.165, 1.54) is 11.8 Å². The summed E-state index contributed by atoms with van der Waals surface area (Å²) >= 11 is 0. The Morgan fingerprint density at radius 1 is 0.885 bits per heavy atom. The molecule has 1 heterocycles. The molecule has 2 aromatic carbocycles. The number of hydrogen-bond acceptors (Lipinski definition) is 4. The van der Waals surface area contributed by atoms with Crippen molar-refractivity contribution in [1.82, 2.24) is 9.97 Å². The van der Waals surface area contributed by atoms with Crippen molar-refractivity contribution in [3.05, 3.63) is 76.7 Å². The molecule has 0 spiro atoms. The maximum absolute atomic E-state index is 12.4. The number of hydrogen-bond donors (Lipinski definition) is 2. The Hall–Kier alpha value is -3.21. The molecule has 0 aliphatic heterocycles. The third-order valence-electron chi connectivity index (χ3n) is 4.38. The number of carbonyl (C=O) groups is 1. The number of amides is 1. The van der Waals surface area contributed by atoms with Crippen LogP contribution in [0.25, 0.3) is 0 Å². The SMILES string of the molecule is Cc1ccc(NC(=O)c2cnc(Nc3cccc(C)c3C)cn2)c(C)c1. The van der Waals surface area contributed by atoms with Gasteiger partial charge in [0.15, 0.2) is 0 Å². The molecule has 5 nitrogen and oxygen atoms in total. The molecule has 0 aliphatic carbocycles. The van der Waals surface area contributed by atoms with Gasteiger partial charge in [-0.15, -0.1) is 0 Å². The first kappa shape index (κ1) is 17.6. The van der Waals surface area contributed by atoms with Crippen LogP contribution in [0.1, 0.15) is 32.7 Å². The molecule has 1 amide bonds. The minimum atomic E-state index is -0.275. The van der Waals surface area contributed by atoms with Crippen LogP contribution in [0.15, 0.2) is 48.8 Å². The predicted octanol–water partition coefficient (Wildman–Crippen LogP) is 4.71. The Bertz CT molecular complexity index is 949. The average molecular weight is 346 g/mol. The molecule has 3 aromatic rings. The first-order valence-electron chi connectivity index (χ1n) is 8.48. The highest BCUT2D eigenvalue weighted by Gasteiger charge is 2.10. The Morgan fingerprint density at radius 2 is 1.69 bits per heavy atom. The smallest absolute Gasteiger partial charge is 0.275 e. The van der Waals surface area contributed by atoms with Crippen LogP contribution in [0.2, 0.25) is 0 Å². The van der Waals surface area contributed by atoms with E-state index >= 15 is 0 Å². The molecule has 26 heavy (non-hydrogen) atoms. The topological polar surface area (TPSA) is 66.9 Å². The number of nitrogens with one attached hydrogen (secondary N) is 2. The van der Waals surface area contributed by atoms with Gasteiger partial charge in [-0.3, -0.25) is 4.79 Å². The van der Waals surface area contributed by atoms with E-state index in [1.54, 1.807) is 6.20 Å². The summed E-state index contributed by atoms with van der Waals surface area (Å²) in [5.74, 6) is 0.324. The molecule has 0 radical (unpaired) electrons. The van der Waals surface area contributed by atoms with Crippen molar-refractivity contribution >= 4 is 23.1 Å². The summed E-state index contributed by atoms with van der Waals surface area (Å²) in [5, 5.41) is 6.12. The largest absolute Gasteiger partial charge is 0.339 e. The Kier molecular flexibility index (Phi) is 4.98. The average Bonchev–Trinajstić information content (AvgIpc) is 2.62. The van der Waals surface area contributed by atoms with Crippen LogP contribution in [0.4, 0.5) is 17.2 Å². The van der Waals surface area contributed by atoms with Crippen LogP contribution in [-0.4, -0.2) is 15.9 Å². The van der Waals surface area contributed by atoms with Crippen molar-refractivity contribution in [3.63, 3.8) is 0 Å². The standard InChI is InChI=1S/C21H22N4O/c1-13-8-9-17(15(3)10-13)25-21(26)19-11-23-20(12-22-19)24-18-7-5-6-14(2)16(18)4/h5-12H,1-4H3,(H,23,24)(H,25,26). The highest BCUT2D eigenvalue weighted by molar-refractivity contribution is 6.03. The molecule has 0 saturated heterocycles. The number of nitrogens with zero attached hydrogens (tertiary/aromatic N) is 2. The molecule has 0 bridgehead atoms. The number of carbonyl (C=O) groups excluding carboxylic acids is 1. The summed E-state index contributed by atoms with van der Waals surface area (Å²) in [5.41, 5.74) is 6.56. The zero-order chi connectivity index (χ0) is 18.7. The molecule has 132 valence electrons. The van der Waals surface area contributed by atoms with Crippen LogP contribution in [0.5, 0.6) is 0 Å². The van der Waals surface area contributed by atoms with E-state index in [9.17, 15) is 4.79 Å². The summed E-state index contributed by atoms with van der Waals surface area (Å²) < 4.78 is 0. The molecule has 2 N–H and O–H groups in total. The normalized spacial score (nSPS) is 10.5.